The lowest BCUT2D eigenvalue weighted by Gasteiger charge is -2.28. The lowest BCUT2D eigenvalue weighted by molar-refractivity contribution is -0.156. The Labute approximate surface area is 294 Å². The van der Waals surface area contributed by atoms with E-state index in [4.69, 9.17) is 25.8 Å². The first-order valence-corrected chi connectivity index (χ1v) is 17.5. The van der Waals surface area contributed by atoms with Gasteiger partial charge >= 0.3 is 5.97 Å². The van der Waals surface area contributed by atoms with Gasteiger partial charge in [0.2, 0.25) is 17.7 Å². The number of halogens is 1. The molecule has 1 fully saturated rings. The number of esters is 1. The van der Waals surface area contributed by atoms with Gasteiger partial charge in [0.1, 0.15) is 30.0 Å². The SMILES string of the molecule is COc1ccc(C[C@H]2NC(=O)C=CC[C@@H]([C@H](C)C3OC3c3ccccc3)OC(=O)[C@H](CC(C)C)NC(=O)CC(CC(C)C)NC2=O)cc1Cl. The lowest BCUT2D eigenvalue weighted by atomic mass is 9.93. The predicted molar refractivity (Wildman–Crippen MR) is 188 cm³/mol. The molecule has 49 heavy (non-hydrogen) atoms. The van der Waals surface area contributed by atoms with Crippen molar-refractivity contribution in [3.8, 4) is 5.75 Å². The van der Waals surface area contributed by atoms with Crippen molar-refractivity contribution in [2.45, 2.75) is 103 Å². The minimum Gasteiger partial charge on any atom is -0.495 e. The van der Waals surface area contributed by atoms with E-state index in [0.29, 0.717) is 23.6 Å². The van der Waals surface area contributed by atoms with Crippen LogP contribution in [0.3, 0.4) is 0 Å². The maximum atomic E-state index is 13.8. The fraction of sp³-hybridized carbons (Fsp3) is 0.526. The standard InChI is InChI=1S/C38H50ClN3O7/c1-22(2)17-27-21-34(44)42-30(18-23(3)4)38(46)48-31(24(5)35-36(49-35)26-11-8-7-9-12-26)13-10-14-33(43)41-29(37(45)40-27)20-25-15-16-32(47-6)28(39)19-25/h7-12,14-16,19,22-24,27,29-31,35-36H,13,17-18,20-21H2,1-6H3,(H,40,45)(H,41,43)(H,42,44)/t24-,27?,29+,30-,31-,35?,36?/m0/s1. The number of hydrogen-bond acceptors (Lipinski definition) is 7. The molecule has 2 aliphatic heterocycles. The molecule has 10 nitrogen and oxygen atoms in total. The van der Waals surface area contributed by atoms with Crippen LogP contribution in [0.15, 0.2) is 60.7 Å². The van der Waals surface area contributed by atoms with Crippen molar-refractivity contribution < 1.29 is 33.4 Å². The molecule has 2 aromatic carbocycles. The maximum absolute atomic E-state index is 13.8. The molecule has 0 saturated carbocycles. The van der Waals surface area contributed by atoms with E-state index in [1.54, 1.807) is 24.3 Å². The Morgan fingerprint density at radius 3 is 2.27 bits per heavy atom. The summed E-state index contributed by atoms with van der Waals surface area (Å²) in [6.45, 7) is 9.91. The third-order valence-corrected chi connectivity index (χ3v) is 9.11. The molecule has 4 rings (SSSR count). The van der Waals surface area contributed by atoms with Crippen molar-refractivity contribution in [2.24, 2.45) is 17.8 Å². The molecule has 1 saturated heterocycles. The zero-order valence-electron chi connectivity index (χ0n) is 29.2. The van der Waals surface area contributed by atoms with E-state index in [1.165, 1.54) is 13.2 Å². The largest absolute Gasteiger partial charge is 0.495 e. The molecule has 3 unspecified atom stereocenters. The van der Waals surface area contributed by atoms with Crippen LogP contribution in [-0.2, 0) is 35.1 Å². The van der Waals surface area contributed by atoms with E-state index in [1.807, 2.05) is 65.0 Å². The molecule has 266 valence electrons. The Hall–Kier alpha value is -3.89. The number of benzene rings is 2. The summed E-state index contributed by atoms with van der Waals surface area (Å²) >= 11 is 6.37. The number of carbonyl (C=O) groups excluding carboxylic acids is 4. The molecule has 0 aromatic heterocycles. The number of nitrogens with one attached hydrogen (secondary N) is 3. The van der Waals surface area contributed by atoms with E-state index in [0.717, 1.165) is 11.1 Å². The van der Waals surface area contributed by atoms with Crippen LogP contribution in [0.4, 0.5) is 0 Å². The van der Waals surface area contributed by atoms with Gasteiger partial charge in [0.15, 0.2) is 0 Å². The summed E-state index contributed by atoms with van der Waals surface area (Å²) in [5, 5.41) is 9.10. The van der Waals surface area contributed by atoms with Gasteiger partial charge in [-0.15, -0.1) is 0 Å². The van der Waals surface area contributed by atoms with E-state index >= 15 is 0 Å². The average molecular weight is 696 g/mol. The Balaban J connectivity index is 1.63. The lowest BCUT2D eigenvalue weighted by Crippen LogP contribution is -2.52. The van der Waals surface area contributed by atoms with Crippen LogP contribution in [0.25, 0.3) is 0 Å². The van der Waals surface area contributed by atoms with E-state index < -0.39 is 42.0 Å². The first-order chi connectivity index (χ1) is 23.3. The van der Waals surface area contributed by atoms with Gasteiger partial charge in [-0.1, -0.05) is 88.7 Å². The van der Waals surface area contributed by atoms with Gasteiger partial charge in [0.05, 0.1) is 18.2 Å². The Bertz CT molecular complexity index is 1480. The molecule has 2 heterocycles. The molecule has 11 heteroatoms. The fourth-order valence-corrected chi connectivity index (χ4v) is 6.57. The summed E-state index contributed by atoms with van der Waals surface area (Å²) in [5.41, 5.74) is 1.76. The minimum atomic E-state index is -0.958. The third kappa shape index (κ3) is 11.3. The molecular formula is C38H50ClN3O7. The fourth-order valence-electron chi connectivity index (χ4n) is 6.29. The monoisotopic (exact) mass is 695 g/mol. The second kappa shape index (κ2) is 17.7. The molecule has 3 N–H and O–H groups in total. The van der Waals surface area contributed by atoms with Crippen LogP contribution in [0.2, 0.25) is 5.02 Å². The molecule has 7 atom stereocenters. The zero-order chi connectivity index (χ0) is 35.7. The number of carbonyl (C=O) groups is 4. The second-order valence-corrected chi connectivity index (χ2v) is 14.3. The zero-order valence-corrected chi connectivity index (χ0v) is 30.0. The van der Waals surface area contributed by atoms with Gasteiger partial charge in [-0.25, -0.2) is 4.79 Å². The molecule has 0 bridgehead atoms. The number of ether oxygens (including phenoxy) is 3. The first-order valence-electron chi connectivity index (χ1n) is 17.1. The van der Waals surface area contributed by atoms with Crippen molar-refractivity contribution in [1.82, 2.24) is 16.0 Å². The van der Waals surface area contributed by atoms with Gasteiger partial charge in [0.25, 0.3) is 0 Å². The van der Waals surface area contributed by atoms with Crippen molar-refractivity contribution in [3.63, 3.8) is 0 Å². The van der Waals surface area contributed by atoms with Gasteiger partial charge in [0, 0.05) is 31.2 Å². The van der Waals surface area contributed by atoms with Gasteiger partial charge < -0.3 is 30.2 Å². The molecule has 2 aromatic rings. The number of cyclic esters (lactones) is 1. The number of rotatable bonds is 10. The quantitative estimate of drug-likeness (QED) is 0.222. The van der Waals surface area contributed by atoms with Crippen LogP contribution in [0, 0.1) is 17.8 Å². The average Bonchev–Trinajstić information content (AvgIpc) is 3.84. The molecule has 0 spiro atoms. The smallest absolute Gasteiger partial charge is 0.328 e. The van der Waals surface area contributed by atoms with E-state index in [9.17, 15) is 19.2 Å². The summed E-state index contributed by atoms with van der Waals surface area (Å²) in [4.78, 5) is 54.2. The predicted octanol–water partition coefficient (Wildman–Crippen LogP) is 5.48. The van der Waals surface area contributed by atoms with Crippen LogP contribution < -0.4 is 20.7 Å². The van der Waals surface area contributed by atoms with Crippen LogP contribution >= 0.6 is 11.6 Å². The number of methoxy groups -OCH3 is 1. The Kier molecular flexibility index (Phi) is 13.7. The highest BCUT2D eigenvalue weighted by molar-refractivity contribution is 6.32. The number of amides is 3. The topological polar surface area (TPSA) is 135 Å². The highest BCUT2D eigenvalue weighted by Crippen LogP contribution is 2.45. The minimum absolute atomic E-state index is 0.0464. The first kappa shape index (κ1) is 37.9. The molecule has 3 amide bonds. The van der Waals surface area contributed by atoms with Crippen molar-refractivity contribution in [1.29, 1.82) is 0 Å². The van der Waals surface area contributed by atoms with E-state index in [-0.39, 0.29) is 55.1 Å². The highest BCUT2D eigenvalue weighted by Gasteiger charge is 2.47. The summed E-state index contributed by atoms with van der Waals surface area (Å²) in [6.07, 6.45) is 3.29. The normalized spacial score (nSPS) is 26.1. The Morgan fingerprint density at radius 1 is 0.898 bits per heavy atom. The number of epoxide rings is 1. The van der Waals surface area contributed by atoms with Crippen molar-refractivity contribution in [2.75, 3.05) is 7.11 Å². The van der Waals surface area contributed by atoms with Crippen LogP contribution in [-0.4, -0.2) is 61.1 Å². The Morgan fingerprint density at radius 2 is 1.61 bits per heavy atom. The molecule has 0 radical (unpaired) electrons. The molecule has 2 aliphatic rings. The van der Waals surface area contributed by atoms with E-state index in [2.05, 4.69) is 16.0 Å². The second-order valence-electron chi connectivity index (χ2n) is 13.9. The number of hydrogen-bond donors (Lipinski definition) is 3. The summed E-state index contributed by atoms with van der Waals surface area (Å²) < 4.78 is 17.4. The van der Waals surface area contributed by atoms with Crippen molar-refractivity contribution in [3.05, 3.63) is 76.8 Å². The summed E-state index contributed by atoms with van der Waals surface area (Å²) in [7, 11) is 1.52. The van der Waals surface area contributed by atoms with Gasteiger partial charge in [-0.05, 0) is 54.0 Å². The van der Waals surface area contributed by atoms with Gasteiger partial charge in [-0.2, -0.15) is 0 Å². The molecular weight excluding hydrogens is 646 g/mol. The summed E-state index contributed by atoms with van der Waals surface area (Å²) in [6, 6.07) is 12.7. The molecule has 0 aliphatic carbocycles. The maximum Gasteiger partial charge on any atom is 0.328 e. The third-order valence-electron chi connectivity index (χ3n) is 8.81. The summed E-state index contributed by atoms with van der Waals surface area (Å²) in [5.74, 6) is -1.30. The highest BCUT2D eigenvalue weighted by atomic mass is 35.5. The van der Waals surface area contributed by atoms with Crippen molar-refractivity contribution >= 4 is 35.3 Å². The van der Waals surface area contributed by atoms with Gasteiger partial charge in [-0.3, -0.25) is 14.4 Å². The van der Waals surface area contributed by atoms with Crippen LogP contribution in [0.5, 0.6) is 5.75 Å². The van der Waals surface area contributed by atoms with Crippen LogP contribution in [0.1, 0.15) is 77.5 Å².